The predicted molar refractivity (Wildman–Crippen MR) is 83.8 cm³/mol. The Bertz CT molecular complexity index is 404. The van der Waals surface area contributed by atoms with Gasteiger partial charge in [0.2, 0.25) is 11.8 Å². The number of hydrogen-bond donors (Lipinski definition) is 1. The minimum atomic E-state index is 0.0611. The van der Waals surface area contributed by atoms with Gasteiger partial charge >= 0.3 is 0 Å². The summed E-state index contributed by atoms with van der Waals surface area (Å²) in [4.78, 5) is 25.8. The molecule has 2 rings (SSSR count). The van der Waals surface area contributed by atoms with Crippen LogP contribution >= 0.6 is 0 Å². The molecule has 0 spiro atoms. The van der Waals surface area contributed by atoms with E-state index in [-0.39, 0.29) is 17.9 Å². The first-order chi connectivity index (χ1) is 10.2. The van der Waals surface area contributed by atoms with Gasteiger partial charge in [0.05, 0.1) is 0 Å². The molecule has 21 heavy (non-hydrogen) atoms. The van der Waals surface area contributed by atoms with Gasteiger partial charge in [-0.15, -0.1) is 0 Å². The molecule has 0 aromatic heterocycles. The zero-order valence-corrected chi connectivity index (χ0v) is 13.2. The van der Waals surface area contributed by atoms with Gasteiger partial charge in [0.25, 0.3) is 0 Å². The molecule has 0 aromatic carbocycles. The molecule has 1 atom stereocenters. The molecule has 1 heterocycles. The van der Waals surface area contributed by atoms with Crippen LogP contribution in [0.1, 0.15) is 64.7 Å². The van der Waals surface area contributed by atoms with E-state index in [0.717, 1.165) is 38.6 Å². The van der Waals surface area contributed by atoms with Crippen molar-refractivity contribution in [2.75, 3.05) is 13.1 Å². The van der Waals surface area contributed by atoms with Gasteiger partial charge in [-0.3, -0.25) is 9.59 Å². The first kappa shape index (κ1) is 16.1. The Morgan fingerprint density at radius 2 is 2.05 bits per heavy atom. The highest BCUT2D eigenvalue weighted by molar-refractivity contribution is 5.79. The normalized spacial score (nSPS) is 21.5. The molecule has 0 unspecified atom stereocenters. The van der Waals surface area contributed by atoms with Crippen LogP contribution in [0.2, 0.25) is 0 Å². The standard InChI is InChI=1S/C17H28N2O2/c1-14(15-8-4-2-5-9-15)18-16(20)11-13-19-12-7-3-6-10-17(19)21/h8,14H,2-7,9-13H2,1H3,(H,18,20)/t14-/m1/s1. The predicted octanol–water partition coefficient (Wildman–Crippen LogP) is 2.78. The SMILES string of the molecule is C[C@@H](NC(=O)CCN1CCCCCC1=O)C1=CCCCC1. The van der Waals surface area contributed by atoms with E-state index in [0.29, 0.717) is 19.4 Å². The van der Waals surface area contributed by atoms with E-state index in [9.17, 15) is 9.59 Å². The zero-order chi connectivity index (χ0) is 15.1. The van der Waals surface area contributed by atoms with Gasteiger partial charge in [-0.1, -0.05) is 18.1 Å². The lowest BCUT2D eigenvalue weighted by Gasteiger charge is -2.23. The van der Waals surface area contributed by atoms with Crippen LogP contribution in [0.4, 0.5) is 0 Å². The number of rotatable bonds is 5. The average Bonchev–Trinajstić information content (AvgIpc) is 2.70. The van der Waals surface area contributed by atoms with Crippen LogP contribution in [0.5, 0.6) is 0 Å². The summed E-state index contributed by atoms with van der Waals surface area (Å²) in [5, 5.41) is 3.07. The maximum absolute atomic E-state index is 12.1. The number of likely N-dealkylation sites (tertiary alicyclic amines) is 1. The van der Waals surface area contributed by atoms with E-state index in [2.05, 4.69) is 18.3 Å². The van der Waals surface area contributed by atoms with E-state index in [1.54, 1.807) is 0 Å². The van der Waals surface area contributed by atoms with E-state index < -0.39 is 0 Å². The summed E-state index contributed by atoms with van der Waals surface area (Å²) in [5.74, 6) is 0.273. The number of nitrogens with one attached hydrogen (secondary N) is 1. The Morgan fingerprint density at radius 1 is 1.24 bits per heavy atom. The largest absolute Gasteiger partial charge is 0.350 e. The third-order valence-corrected chi connectivity index (χ3v) is 4.54. The van der Waals surface area contributed by atoms with E-state index in [4.69, 9.17) is 0 Å². The van der Waals surface area contributed by atoms with E-state index >= 15 is 0 Å². The first-order valence-corrected chi connectivity index (χ1v) is 8.43. The van der Waals surface area contributed by atoms with Crippen LogP contribution in [-0.2, 0) is 9.59 Å². The Labute approximate surface area is 128 Å². The van der Waals surface area contributed by atoms with E-state index in [1.807, 2.05) is 4.90 Å². The third kappa shape index (κ3) is 5.18. The van der Waals surface area contributed by atoms with Crippen molar-refractivity contribution in [3.8, 4) is 0 Å². The Hall–Kier alpha value is -1.32. The van der Waals surface area contributed by atoms with Crippen LogP contribution in [0.25, 0.3) is 0 Å². The summed E-state index contributed by atoms with van der Waals surface area (Å²) in [6, 6.07) is 0.137. The number of allylic oxidation sites excluding steroid dienone is 1. The maximum Gasteiger partial charge on any atom is 0.222 e. The lowest BCUT2D eigenvalue weighted by Crippen LogP contribution is -2.38. The lowest BCUT2D eigenvalue weighted by atomic mass is 9.95. The molecule has 0 aromatic rings. The van der Waals surface area contributed by atoms with Gasteiger partial charge in [0.1, 0.15) is 0 Å². The zero-order valence-electron chi connectivity index (χ0n) is 13.2. The Morgan fingerprint density at radius 3 is 2.81 bits per heavy atom. The molecule has 0 radical (unpaired) electrons. The van der Waals surface area contributed by atoms with Crippen molar-refractivity contribution in [1.29, 1.82) is 0 Å². The summed E-state index contributed by atoms with van der Waals surface area (Å²) in [6.07, 6.45) is 11.3. The van der Waals surface area contributed by atoms with Crippen LogP contribution < -0.4 is 5.32 Å². The second-order valence-corrected chi connectivity index (χ2v) is 6.26. The summed E-state index contributed by atoms with van der Waals surface area (Å²) in [7, 11) is 0. The van der Waals surface area contributed by atoms with Crippen molar-refractivity contribution in [2.24, 2.45) is 0 Å². The second kappa shape index (κ2) is 8.20. The smallest absolute Gasteiger partial charge is 0.222 e. The molecule has 4 heteroatoms. The number of hydrogen-bond acceptors (Lipinski definition) is 2. The fourth-order valence-corrected chi connectivity index (χ4v) is 3.17. The van der Waals surface area contributed by atoms with Crippen molar-refractivity contribution in [1.82, 2.24) is 10.2 Å². The molecule has 1 aliphatic carbocycles. The van der Waals surface area contributed by atoms with Crippen LogP contribution in [-0.4, -0.2) is 35.8 Å². The molecule has 2 aliphatic rings. The molecule has 1 N–H and O–H groups in total. The fraction of sp³-hybridized carbons (Fsp3) is 0.765. The highest BCUT2D eigenvalue weighted by Crippen LogP contribution is 2.20. The van der Waals surface area contributed by atoms with Gasteiger partial charge in [-0.05, 0) is 45.4 Å². The lowest BCUT2D eigenvalue weighted by molar-refractivity contribution is -0.131. The monoisotopic (exact) mass is 292 g/mol. The molecule has 1 saturated heterocycles. The van der Waals surface area contributed by atoms with Crippen LogP contribution in [0.15, 0.2) is 11.6 Å². The second-order valence-electron chi connectivity index (χ2n) is 6.26. The van der Waals surface area contributed by atoms with Crippen molar-refractivity contribution in [3.05, 3.63) is 11.6 Å². The minimum absolute atomic E-state index is 0.0611. The molecular formula is C17H28N2O2. The summed E-state index contributed by atoms with van der Waals surface area (Å²) in [5.41, 5.74) is 1.36. The summed E-state index contributed by atoms with van der Waals surface area (Å²) < 4.78 is 0. The van der Waals surface area contributed by atoms with E-state index in [1.165, 1.54) is 18.4 Å². The van der Waals surface area contributed by atoms with Gasteiger partial charge in [-0.2, -0.15) is 0 Å². The number of carbonyl (C=O) groups is 2. The minimum Gasteiger partial charge on any atom is -0.350 e. The summed E-state index contributed by atoms with van der Waals surface area (Å²) in [6.45, 7) is 3.44. The summed E-state index contributed by atoms with van der Waals surface area (Å²) >= 11 is 0. The van der Waals surface area contributed by atoms with Crippen LogP contribution in [0.3, 0.4) is 0 Å². The molecule has 1 fully saturated rings. The number of carbonyl (C=O) groups excluding carboxylic acids is 2. The molecule has 118 valence electrons. The highest BCUT2D eigenvalue weighted by Gasteiger charge is 2.18. The van der Waals surface area contributed by atoms with Gasteiger partial charge in [-0.25, -0.2) is 0 Å². The molecular weight excluding hydrogens is 264 g/mol. The van der Waals surface area contributed by atoms with Gasteiger partial charge in [0, 0.05) is 32.0 Å². The topological polar surface area (TPSA) is 49.4 Å². The van der Waals surface area contributed by atoms with Crippen molar-refractivity contribution in [2.45, 2.75) is 70.8 Å². The van der Waals surface area contributed by atoms with Gasteiger partial charge in [0.15, 0.2) is 0 Å². The molecule has 2 amide bonds. The Balaban J connectivity index is 1.73. The molecule has 1 aliphatic heterocycles. The van der Waals surface area contributed by atoms with Crippen molar-refractivity contribution >= 4 is 11.8 Å². The maximum atomic E-state index is 12.1. The Kier molecular flexibility index (Phi) is 6.27. The quantitative estimate of drug-likeness (QED) is 0.792. The number of amides is 2. The fourth-order valence-electron chi connectivity index (χ4n) is 3.17. The number of nitrogens with zero attached hydrogens (tertiary/aromatic N) is 1. The van der Waals surface area contributed by atoms with Crippen molar-refractivity contribution < 1.29 is 9.59 Å². The third-order valence-electron chi connectivity index (χ3n) is 4.54. The van der Waals surface area contributed by atoms with Crippen molar-refractivity contribution in [3.63, 3.8) is 0 Å². The van der Waals surface area contributed by atoms with Gasteiger partial charge < -0.3 is 10.2 Å². The van der Waals surface area contributed by atoms with Crippen LogP contribution in [0, 0.1) is 0 Å². The molecule has 0 saturated carbocycles. The average molecular weight is 292 g/mol. The molecule has 4 nitrogen and oxygen atoms in total. The molecule has 0 bridgehead atoms. The highest BCUT2D eigenvalue weighted by atomic mass is 16.2. The first-order valence-electron chi connectivity index (χ1n) is 8.43.